The maximum Gasteiger partial charge on any atom is 0.257 e. The van der Waals surface area contributed by atoms with Crippen molar-refractivity contribution in [3.05, 3.63) is 59.2 Å². The Balaban J connectivity index is 1.92. The first-order chi connectivity index (χ1) is 12.0. The molecular formula is C19H19F2NO3. The summed E-state index contributed by atoms with van der Waals surface area (Å²) in [6.07, 6.45) is 1.54. The first-order valence-corrected chi connectivity index (χ1v) is 8.03. The summed E-state index contributed by atoms with van der Waals surface area (Å²) in [6, 6.07) is 8.16. The zero-order valence-electron chi connectivity index (χ0n) is 14.1. The number of carbonyl (C=O) groups excluding carboxylic acids is 1. The lowest BCUT2D eigenvalue weighted by Crippen LogP contribution is -2.31. The number of amides is 1. The summed E-state index contributed by atoms with van der Waals surface area (Å²) in [4.78, 5) is 14.3. The summed E-state index contributed by atoms with van der Waals surface area (Å²) >= 11 is 0. The monoisotopic (exact) mass is 347 g/mol. The average molecular weight is 347 g/mol. The van der Waals surface area contributed by atoms with Gasteiger partial charge in [0.25, 0.3) is 5.91 Å². The molecule has 1 saturated heterocycles. The highest BCUT2D eigenvalue weighted by Gasteiger charge is 2.32. The highest BCUT2D eigenvalue weighted by atomic mass is 19.1. The van der Waals surface area contributed by atoms with Crippen molar-refractivity contribution in [1.29, 1.82) is 0 Å². The van der Waals surface area contributed by atoms with E-state index < -0.39 is 17.5 Å². The van der Waals surface area contributed by atoms with Gasteiger partial charge in [-0.05, 0) is 48.7 Å². The molecule has 6 heteroatoms. The van der Waals surface area contributed by atoms with Crippen LogP contribution in [0.5, 0.6) is 11.5 Å². The van der Waals surface area contributed by atoms with Crippen molar-refractivity contribution >= 4 is 5.91 Å². The molecule has 1 aliphatic heterocycles. The minimum absolute atomic E-state index is 0.213. The smallest absolute Gasteiger partial charge is 0.257 e. The molecule has 2 aromatic carbocycles. The van der Waals surface area contributed by atoms with Crippen molar-refractivity contribution in [2.24, 2.45) is 0 Å². The highest BCUT2D eigenvalue weighted by molar-refractivity contribution is 5.95. The van der Waals surface area contributed by atoms with Crippen LogP contribution in [0.4, 0.5) is 8.78 Å². The van der Waals surface area contributed by atoms with Crippen LogP contribution >= 0.6 is 0 Å². The summed E-state index contributed by atoms with van der Waals surface area (Å²) in [6.45, 7) is 0.494. The molecule has 25 heavy (non-hydrogen) atoms. The van der Waals surface area contributed by atoms with E-state index in [1.54, 1.807) is 25.2 Å². The average Bonchev–Trinajstić information content (AvgIpc) is 3.12. The molecule has 0 N–H and O–H groups in total. The van der Waals surface area contributed by atoms with Crippen LogP contribution in [-0.2, 0) is 0 Å². The number of halogens is 2. The Bertz CT molecular complexity index is 794. The minimum atomic E-state index is -0.718. The van der Waals surface area contributed by atoms with Crippen LogP contribution in [0.3, 0.4) is 0 Å². The fourth-order valence-electron chi connectivity index (χ4n) is 3.23. The van der Waals surface area contributed by atoms with Gasteiger partial charge in [0.1, 0.15) is 11.6 Å². The highest BCUT2D eigenvalue weighted by Crippen LogP contribution is 2.37. The third-order valence-corrected chi connectivity index (χ3v) is 4.46. The van der Waals surface area contributed by atoms with E-state index in [1.807, 2.05) is 12.1 Å². The number of benzene rings is 2. The van der Waals surface area contributed by atoms with E-state index in [0.29, 0.717) is 18.0 Å². The van der Waals surface area contributed by atoms with Crippen LogP contribution in [0.15, 0.2) is 36.4 Å². The fraction of sp³-hybridized carbons (Fsp3) is 0.316. The van der Waals surface area contributed by atoms with Crippen molar-refractivity contribution in [3.8, 4) is 11.5 Å². The molecule has 1 fully saturated rings. The Hall–Kier alpha value is -2.63. The summed E-state index contributed by atoms with van der Waals surface area (Å²) in [5, 5.41) is 0. The predicted octanol–water partition coefficient (Wildman–Crippen LogP) is 3.96. The number of hydrogen-bond acceptors (Lipinski definition) is 3. The second kappa shape index (κ2) is 7.09. The number of likely N-dealkylation sites (tertiary alicyclic amines) is 1. The van der Waals surface area contributed by atoms with Crippen LogP contribution in [0, 0.1) is 11.6 Å². The van der Waals surface area contributed by atoms with E-state index in [0.717, 1.165) is 36.6 Å². The van der Waals surface area contributed by atoms with Gasteiger partial charge in [0, 0.05) is 6.54 Å². The molecule has 2 aromatic rings. The number of methoxy groups -OCH3 is 2. The van der Waals surface area contributed by atoms with Crippen LogP contribution in [0.25, 0.3) is 0 Å². The SMILES string of the molecule is COc1ccc(C2CCCN2C(=O)c2cc(F)ccc2F)cc1OC. The van der Waals surface area contributed by atoms with Gasteiger partial charge in [0.05, 0.1) is 25.8 Å². The number of rotatable bonds is 4. The Morgan fingerprint density at radius 1 is 1.08 bits per heavy atom. The van der Waals surface area contributed by atoms with Gasteiger partial charge >= 0.3 is 0 Å². The molecule has 3 rings (SSSR count). The molecule has 1 amide bonds. The van der Waals surface area contributed by atoms with Crippen LogP contribution in [0.1, 0.15) is 34.8 Å². The van der Waals surface area contributed by atoms with E-state index in [4.69, 9.17) is 9.47 Å². The standard InChI is InChI=1S/C19H19F2NO3/c1-24-17-8-5-12(10-18(17)25-2)16-4-3-9-22(16)19(23)14-11-13(20)6-7-15(14)21/h5-8,10-11,16H,3-4,9H2,1-2H3. The van der Waals surface area contributed by atoms with Gasteiger partial charge in [0.2, 0.25) is 0 Å². The van der Waals surface area contributed by atoms with Gasteiger partial charge < -0.3 is 14.4 Å². The van der Waals surface area contributed by atoms with Gasteiger partial charge in [-0.15, -0.1) is 0 Å². The summed E-state index contributed by atoms with van der Waals surface area (Å²) < 4.78 is 37.9. The Morgan fingerprint density at radius 3 is 2.56 bits per heavy atom. The second-order valence-corrected chi connectivity index (χ2v) is 5.90. The molecule has 1 aliphatic rings. The normalized spacial score (nSPS) is 16.8. The van der Waals surface area contributed by atoms with E-state index >= 15 is 0 Å². The predicted molar refractivity (Wildman–Crippen MR) is 88.9 cm³/mol. The lowest BCUT2D eigenvalue weighted by molar-refractivity contribution is 0.0730. The lowest BCUT2D eigenvalue weighted by atomic mass is 10.0. The zero-order chi connectivity index (χ0) is 18.0. The number of ether oxygens (including phenoxy) is 2. The molecule has 0 radical (unpaired) electrons. The first-order valence-electron chi connectivity index (χ1n) is 8.03. The topological polar surface area (TPSA) is 38.8 Å². The molecular weight excluding hydrogens is 328 g/mol. The van der Waals surface area contributed by atoms with Crippen molar-refractivity contribution in [1.82, 2.24) is 4.90 Å². The molecule has 0 aliphatic carbocycles. The third kappa shape index (κ3) is 3.29. The fourth-order valence-corrected chi connectivity index (χ4v) is 3.23. The number of nitrogens with zero attached hydrogens (tertiary/aromatic N) is 1. The van der Waals surface area contributed by atoms with E-state index in [-0.39, 0.29) is 11.6 Å². The Morgan fingerprint density at radius 2 is 1.84 bits per heavy atom. The first kappa shape index (κ1) is 17.2. The molecule has 4 nitrogen and oxygen atoms in total. The summed E-state index contributed by atoms with van der Waals surface area (Å²) in [5.41, 5.74) is 0.632. The van der Waals surface area contributed by atoms with Crippen LogP contribution in [0.2, 0.25) is 0 Å². The molecule has 1 atom stereocenters. The van der Waals surface area contributed by atoms with Crippen molar-refractivity contribution < 1.29 is 23.0 Å². The number of hydrogen-bond donors (Lipinski definition) is 0. The lowest BCUT2D eigenvalue weighted by Gasteiger charge is -2.26. The zero-order valence-corrected chi connectivity index (χ0v) is 14.1. The van der Waals surface area contributed by atoms with E-state index in [9.17, 15) is 13.6 Å². The van der Waals surface area contributed by atoms with Gasteiger partial charge in [-0.3, -0.25) is 4.79 Å². The van der Waals surface area contributed by atoms with Crippen molar-refractivity contribution in [2.75, 3.05) is 20.8 Å². The minimum Gasteiger partial charge on any atom is -0.493 e. The summed E-state index contributed by atoms with van der Waals surface area (Å²) in [7, 11) is 3.09. The maximum atomic E-state index is 14.0. The second-order valence-electron chi connectivity index (χ2n) is 5.90. The molecule has 132 valence electrons. The molecule has 1 unspecified atom stereocenters. The third-order valence-electron chi connectivity index (χ3n) is 4.46. The van der Waals surface area contributed by atoms with E-state index in [1.165, 1.54) is 0 Å². The van der Waals surface area contributed by atoms with E-state index in [2.05, 4.69) is 0 Å². The maximum absolute atomic E-state index is 14.0. The summed E-state index contributed by atoms with van der Waals surface area (Å²) in [5.74, 6) is -0.695. The largest absolute Gasteiger partial charge is 0.493 e. The molecule has 0 bridgehead atoms. The molecule has 0 spiro atoms. The van der Waals surface area contributed by atoms with Gasteiger partial charge in [-0.1, -0.05) is 6.07 Å². The Labute approximate surface area is 145 Å². The van der Waals surface area contributed by atoms with Gasteiger partial charge in [-0.2, -0.15) is 0 Å². The van der Waals surface area contributed by atoms with Crippen LogP contribution in [-0.4, -0.2) is 31.6 Å². The van der Waals surface area contributed by atoms with Crippen molar-refractivity contribution in [2.45, 2.75) is 18.9 Å². The molecule has 1 heterocycles. The Kier molecular flexibility index (Phi) is 4.88. The van der Waals surface area contributed by atoms with Crippen LogP contribution < -0.4 is 9.47 Å². The van der Waals surface area contributed by atoms with Gasteiger partial charge in [0.15, 0.2) is 11.5 Å². The molecule has 0 saturated carbocycles. The van der Waals surface area contributed by atoms with Gasteiger partial charge in [-0.25, -0.2) is 8.78 Å². The quantitative estimate of drug-likeness (QED) is 0.840. The number of carbonyl (C=O) groups is 1. The van der Waals surface area contributed by atoms with Crippen molar-refractivity contribution in [3.63, 3.8) is 0 Å². The molecule has 0 aromatic heterocycles.